The highest BCUT2D eigenvalue weighted by molar-refractivity contribution is 6.30. The summed E-state index contributed by atoms with van der Waals surface area (Å²) in [6, 6.07) is 6.94. The summed E-state index contributed by atoms with van der Waals surface area (Å²) in [7, 11) is 0. The van der Waals surface area contributed by atoms with Crippen LogP contribution < -0.4 is 9.47 Å². The summed E-state index contributed by atoms with van der Waals surface area (Å²) in [5.41, 5.74) is 0. The molecule has 2 heterocycles. The summed E-state index contributed by atoms with van der Waals surface area (Å²) in [4.78, 5) is 21.6. The summed E-state index contributed by atoms with van der Waals surface area (Å²) >= 11 is 5.81. The van der Waals surface area contributed by atoms with Gasteiger partial charge in [0.1, 0.15) is 11.9 Å². The Morgan fingerprint density at radius 3 is 2.72 bits per heavy atom. The van der Waals surface area contributed by atoms with Crippen molar-refractivity contribution in [3.63, 3.8) is 0 Å². The average Bonchev–Trinajstić information content (AvgIpc) is 2.63. The molecule has 1 saturated heterocycles. The van der Waals surface area contributed by atoms with E-state index in [-0.39, 0.29) is 24.6 Å². The van der Waals surface area contributed by atoms with Crippen LogP contribution in [0.4, 0.5) is 4.39 Å². The third-order valence-electron chi connectivity index (χ3n) is 3.78. The Morgan fingerprint density at radius 2 is 2.00 bits per heavy atom. The molecule has 1 unspecified atom stereocenters. The van der Waals surface area contributed by atoms with Crippen LogP contribution in [0.5, 0.6) is 11.8 Å². The molecule has 3 rings (SSSR count). The second kappa shape index (κ2) is 8.11. The van der Waals surface area contributed by atoms with Gasteiger partial charge in [0.2, 0.25) is 0 Å². The molecule has 1 aromatic heterocycles. The molecule has 1 fully saturated rings. The van der Waals surface area contributed by atoms with Crippen LogP contribution >= 0.6 is 11.6 Å². The van der Waals surface area contributed by atoms with Gasteiger partial charge in [-0.3, -0.25) is 4.79 Å². The van der Waals surface area contributed by atoms with Gasteiger partial charge in [-0.05, 0) is 37.1 Å². The normalized spacial score (nSPS) is 17.2. The average molecular weight is 366 g/mol. The van der Waals surface area contributed by atoms with E-state index < -0.39 is 5.82 Å². The first-order chi connectivity index (χ1) is 12.1. The molecule has 1 atom stereocenters. The van der Waals surface area contributed by atoms with Gasteiger partial charge in [-0.1, -0.05) is 11.6 Å². The van der Waals surface area contributed by atoms with Crippen molar-refractivity contribution in [2.45, 2.75) is 18.9 Å². The van der Waals surface area contributed by atoms with Crippen molar-refractivity contribution in [1.82, 2.24) is 14.9 Å². The zero-order valence-corrected chi connectivity index (χ0v) is 14.2. The lowest BCUT2D eigenvalue weighted by Crippen LogP contribution is -2.46. The van der Waals surface area contributed by atoms with E-state index in [2.05, 4.69) is 9.97 Å². The molecule has 6 nitrogen and oxygen atoms in total. The lowest BCUT2D eigenvalue weighted by Gasteiger charge is -2.32. The highest BCUT2D eigenvalue weighted by Gasteiger charge is 2.25. The second-order valence-electron chi connectivity index (χ2n) is 5.65. The van der Waals surface area contributed by atoms with Gasteiger partial charge in [0.25, 0.3) is 5.91 Å². The Morgan fingerprint density at radius 1 is 1.28 bits per heavy atom. The number of rotatable bonds is 5. The van der Waals surface area contributed by atoms with Crippen molar-refractivity contribution in [1.29, 1.82) is 0 Å². The van der Waals surface area contributed by atoms with E-state index in [4.69, 9.17) is 21.1 Å². The summed E-state index contributed by atoms with van der Waals surface area (Å²) in [5, 5.41) is 0.609. The Bertz CT molecular complexity index is 712. The summed E-state index contributed by atoms with van der Waals surface area (Å²) < 4.78 is 23.9. The number of halogens is 2. The van der Waals surface area contributed by atoms with Crippen LogP contribution in [0.1, 0.15) is 12.8 Å². The number of likely N-dealkylation sites (tertiary alicyclic amines) is 1. The molecule has 8 heteroatoms. The lowest BCUT2D eigenvalue weighted by molar-refractivity contribution is -0.136. The maximum Gasteiger partial charge on any atom is 0.316 e. The summed E-state index contributed by atoms with van der Waals surface area (Å²) in [6.07, 6.45) is 3.46. The van der Waals surface area contributed by atoms with Gasteiger partial charge < -0.3 is 14.4 Å². The number of piperidine rings is 1. The lowest BCUT2D eigenvalue weighted by atomic mass is 10.1. The van der Waals surface area contributed by atoms with Crippen LogP contribution in [-0.2, 0) is 4.79 Å². The molecule has 1 amide bonds. The molecule has 0 spiro atoms. The van der Waals surface area contributed by atoms with E-state index in [0.29, 0.717) is 23.9 Å². The van der Waals surface area contributed by atoms with Crippen LogP contribution in [0, 0.1) is 5.82 Å². The number of carbonyl (C=O) groups excluding carboxylic acids is 1. The Kier molecular flexibility index (Phi) is 5.65. The van der Waals surface area contributed by atoms with Crippen LogP contribution in [0.25, 0.3) is 0 Å². The first-order valence-electron chi connectivity index (χ1n) is 7.90. The van der Waals surface area contributed by atoms with Crippen molar-refractivity contribution in [2.24, 2.45) is 0 Å². The number of nitrogens with zero attached hydrogens (tertiary/aromatic N) is 3. The van der Waals surface area contributed by atoms with Crippen molar-refractivity contribution in [3.8, 4) is 11.8 Å². The Labute approximate surface area is 149 Å². The standard InChI is InChI=1S/C17H17ClFN3O3/c18-12-3-5-14(6-4-12)24-11-16(23)22-7-1-2-15(10-22)25-17-20-8-13(19)9-21-17/h3-6,8-9,15H,1-2,7,10-11H2. The number of ether oxygens (including phenoxy) is 2. The molecule has 0 aliphatic carbocycles. The van der Waals surface area contributed by atoms with Gasteiger partial charge >= 0.3 is 6.01 Å². The highest BCUT2D eigenvalue weighted by atomic mass is 35.5. The van der Waals surface area contributed by atoms with Gasteiger partial charge in [0, 0.05) is 11.6 Å². The number of amides is 1. The number of carbonyl (C=O) groups is 1. The van der Waals surface area contributed by atoms with Crippen LogP contribution in [0.15, 0.2) is 36.7 Å². The van der Waals surface area contributed by atoms with Crippen molar-refractivity contribution in [3.05, 3.63) is 47.5 Å². The molecule has 25 heavy (non-hydrogen) atoms. The molecule has 132 valence electrons. The van der Waals surface area contributed by atoms with E-state index in [1.54, 1.807) is 29.2 Å². The van der Waals surface area contributed by atoms with Crippen molar-refractivity contribution >= 4 is 17.5 Å². The van der Waals surface area contributed by atoms with Crippen LogP contribution in [0.2, 0.25) is 5.02 Å². The zero-order chi connectivity index (χ0) is 17.6. The predicted molar refractivity (Wildman–Crippen MR) is 89.2 cm³/mol. The molecule has 2 aromatic rings. The van der Waals surface area contributed by atoms with Gasteiger partial charge in [-0.25, -0.2) is 14.4 Å². The SMILES string of the molecule is O=C(COc1ccc(Cl)cc1)N1CCCC(Oc2ncc(F)cn2)C1. The minimum Gasteiger partial charge on any atom is -0.484 e. The highest BCUT2D eigenvalue weighted by Crippen LogP contribution is 2.17. The molecule has 0 saturated carbocycles. The summed E-state index contributed by atoms with van der Waals surface area (Å²) in [5.74, 6) is -0.0577. The zero-order valence-electron chi connectivity index (χ0n) is 13.4. The van der Waals surface area contributed by atoms with Crippen LogP contribution in [0.3, 0.4) is 0 Å². The summed E-state index contributed by atoms with van der Waals surface area (Å²) in [6.45, 7) is 1.01. The second-order valence-corrected chi connectivity index (χ2v) is 6.08. The third-order valence-corrected chi connectivity index (χ3v) is 4.03. The fraction of sp³-hybridized carbons (Fsp3) is 0.353. The number of hydrogen-bond donors (Lipinski definition) is 0. The fourth-order valence-electron chi connectivity index (χ4n) is 2.54. The maximum atomic E-state index is 12.8. The Hall–Kier alpha value is -2.41. The minimum atomic E-state index is -0.521. The van der Waals surface area contributed by atoms with Gasteiger partial charge in [-0.2, -0.15) is 0 Å². The van der Waals surface area contributed by atoms with Crippen LogP contribution in [-0.4, -0.2) is 46.6 Å². The largest absolute Gasteiger partial charge is 0.484 e. The molecular formula is C17H17ClFN3O3. The van der Waals surface area contributed by atoms with E-state index in [0.717, 1.165) is 25.2 Å². The number of benzene rings is 1. The quantitative estimate of drug-likeness (QED) is 0.815. The molecule has 0 N–H and O–H groups in total. The van der Waals surface area contributed by atoms with Gasteiger partial charge in [0.15, 0.2) is 12.4 Å². The first-order valence-corrected chi connectivity index (χ1v) is 8.28. The van der Waals surface area contributed by atoms with Crippen molar-refractivity contribution in [2.75, 3.05) is 19.7 Å². The van der Waals surface area contributed by atoms with E-state index in [9.17, 15) is 9.18 Å². The fourth-order valence-corrected chi connectivity index (χ4v) is 2.66. The smallest absolute Gasteiger partial charge is 0.316 e. The molecule has 1 aromatic carbocycles. The molecule has 1 aliphatic rings. The van der Waals surface area contributed by atoms with E-state index in [1.807, 2.05) is 0 Å². The predicted octanol–water partition coefficient (Wildman–Crippen LogP) is 2.72. The topological polar surface area (TPSA) is 64.5 Å². The number of hydrogen-bond acceptors (Lipinski definition) is 5. The maximum absolute atomic E-state index is 12.8. The van der Waals surface area contributed by atoms with Gasteiger partial charge in [-0.15, -0.1) is 0 Å². The monoisotopic (exact) mass is 365 g/mol. The molecular weight excluding hydrogens is 349 g/mol. The first kappa shape index (κ1) is 17.4. The van der Waals surface area contributed by atoms with Crippen molar-refractivity contribution < 1.29 is 18.7 Å². The van der Waals surface area contributed by atoms with Gasteiger partial charge in [0.05, 0.1) is 18.9 Å². The minimum absolute atomic E-state index is 0.0542. The molecule has 1 aliphatic heterocycles. The third kappa shape index (κ3) is 5.03. The number of aromatic nitrogens is 2. The van der Waals surface area contributed by atoms with E-state index in [1.165, 1.54) is 0 Å². The molecule has 0 bridgehead atoms. The Balaban J connectivity index is 1.50. The van der Waals surface area contributed by atoms with E-state index >= 15 is 0 Å². The molecule has 0 radical (unpaired) electrons.